The smallest absolute Gasteiger partial charge is 0.267 e. The normalized spacial score (nSPS) is 13.8. The summed E-state index contributed by atoms with van der Waals surface area (Å²) >= 11 is 0. The number of allylic oxidation sites excluding steroid dienone is 1. The second kappa shape index (κ2) is 14.1. The molecule has 0 aliphatic carbocycles. The lowest BCUT2D eigenvalue weighted by atomic mass is 9.97. The van der Waals surface area contributed by atoms with Crippen molar-refractivity contribution < 1.29 is 14.3 Å². The minimum absolute atomic E-state index is 0.137. The van der Waals surface area contributed by atoms with Crippen molar-refractivity contribution in [3.8, 4) is 11.5 Å². The minimum atomic E-state index is -0.228. The predicted octanol–water partition coefficient (Wildman–Crippen LogP) is 5.73. The number of hydrazone groups is 1. The van der Waals surface area contributed by atoms with Crippen LogP contribution in [0.4, 0.5) is 11.8 Å². The summed E-state index contributed by atoms with van der Waals surface area (Å²) in [6.45, 7) is 11.5. The first-order valence-electron chi connectivity index (χ1n) is 13.5. The van der Waals surface area contributed by atoms with Crippen molar-refractivity contribution in [2.45, 2.75) is 53.0 Å². The number of carbonyl (C=O) groups is 1. The molecule has 1 aliphatic rings. The molecular formula is C32H40N6O3. The van der Waals surface area contributed by atoms with E-state index >= 15 is 0 Å². The Hall–Kier alpha value is -4.66. The summed E-state index contributed by atoms with van der Waals surface area (Å²) in [5.41, 5.74) is 18.4. The Morgan fingerprint density at radius 1 is 1.10 bits per heavy atom. The van der Waals surface area contributed by atoms with Crippen LogP contribution in [0.25, 0.3) is 6.08 Å². The number of nitrogens with zero attached hydrogens (tertiary/aromatic N) is 4. The number of methoxy groups -OCH3 is 2. The number of rotatable bonds is 8. The standard InChI is InChI=1S/C28H32N6O3.C4H8/c1-5-22-21(27(29)33-28(30)32-22)14-17-13-18(26(37-4)24(15-17)36-3)11-12-25(35)34-23(6-2)20-10-8-7-9-19(20)16-31-34;1-4(2)3/h7-13,15-16,23H,5-6,14H2,1-4H3,(H4,29,30,32,33);1H2,2-3H3/b12-11+;. The second-order valence-electron chi connectivity index (χ2n) is 9.86. The number of aryl methyl sites for hydroxylation is 1. The molecule has 3 aromatic rings. The van der Waals surface area contributed by atoms with E-state index < -0.39 is 0 Å². The average molecular weight is 557 g/mol. The first kappa shape index (κ1) is 30.9. The number of anilines is 2. The number of benzene rings is 2. The summed E-state index contributed by atoms with van der Waals surface area (Å²) in [5.74, 6) is 1.33. The number of aromatic nitrogens is 2. The van der Waals surface area contributed by atoms with Crippen LogP contribution >= 0.6 is 0 Å². The zero-order valence-corrected chi connectivity index (χ0v) is 24.8. The number of fused-ring (bicyclic) bond motifs is 1. The molecule has 9 nitrogen and oxygen atoms in total. The highest BCUT2D eigenvalue weighted by molar-refractivity contribution is 5.95. The van der Waals surface area contributed by atoms with Gasteiger partial charge in [-0.15, -0.1) is 6.58 Å². The topological polar surface area (TPSA) is 129 Å². The zero-order chi connectivity index (χ0) is 30.1. The van der Waals surface area contributed by atoms with Gasteiger partial charge in [-0.2, -0.15) is 10.1 Å². The van der Waals surface area contributed by atoms with Crippen LogP contribution in [-0.4, -0.2) is 41.3 Å². The fraction of sp³-hybridized carbons (Fsp3) is 0.312. The molecule has 1 aromatic heterocycles. The van der Waals surface area contributed by atoms with Gasteiger partial charge in [-0.3, -0.25) is 4.79 Å². The molecule has 0 saturated heterocycles. The Morgan fingerprint density at radius 2 is 1.80 bits per heavy atom. The largest absolute Gasteiger partial charge is 0.493 e. The Morgan fingerprint density at radius 3 is 2.44 bits per heavy atom. The van der Waals surface area contributed by atoms with E-state index in [1.54, 1.807) is 26.5 Å². The summed E-state index contributed by atoms with van der Waals surface area (Å²) in [7, 11) is 3.14. The van der Waals surface area contributed by atoms with E-state index in [0.29, 0.717) is 35.7 Å². The average Bonchev–Trinajstić information content (AvgIpc) is 2.95. The van der Waals surface area contributed by atoms with Gasteiger partial charge in [0.25, 0.3) is 5.91 Å². The van der Waals surface area contributed by atoms with Gasteiger partial charge in [0.1, 0.15) is 5.82 Å². The van der Waals surface area contributed by atoms with Gasteiger partial charge in [0, 0.05) is 23.6 Å². The van der Waals surface area contributed by atoms with E-state index in [2.05, 4.69) is 21.6 Å². The Kier molecular flexibility index (Phi) is 10.6. The minimum Gasteiger partial charge on any atom is -0.493 e. The summed E-state index contributed by atoms with van der Waals surface area (Å²) in [6.07, 6.45) is 6.83. The zero-order valence-electron chi connectivity index (χ0n) is 24.8. The van der Waals surface area contributed by atoms with E-state index in [4.69, 9.17) is 20.9 Å². The maximum Gasteiger partial charge on any atom is 0.267 e. The first-order chi connectivity index (χ1) is 19.6. The molecule has 1 atom stereocenters. The van der Waals surface area contributed by atoms with Crippen molar-refractivity contribution >= 4 is 30.0 Å². The number of amides is 1. The van der Waals surface area contributed by atoms with Crippen LogP contribution in [0.15, 0.2) is 59.7 Å². The molecule has 1 aliphatic heterocycles. The van der Waals surface area contributed by atoms with Crippen molar-refractivity contribution in [2.75, 3.05) is 25.7 Å². The van der Waals surface area contributed by atoms with Gasteiger partial charge >= 0.3 is 0 Å². The number of hydrogen-bond acceptors (Lipinski definition) is 8. The van der Waals surface area contributed by atoms with Crippen LogP contribution in [0.5, 0.6) is 11.5 Å². The summed E-state index contributed by atoms with van der Waals surface area (Å²) < 4.78 is 11.2. The Labute approximate surface area is 242 Å². The van der Waals surface area contributed by atoms with E-state index in [0.717, 1.165) is 34.4 Å². The Bertz CT molecular complexity index is 1460. The summed E-state index contributed by atoms with van der Waals surface area (Å²) in [6, 6.07) is 11.7. The SMILES string of the molecule is C=C(C)C.CCc1nc(N)nc(N)c1Cc1cc(/C=C/C(=O)N2N=Cc3ccccc3C2CC)c(OC)c(OC)c1. The fourth-order valence-corrected chi connectivity index (χ4v) is 4.65. The van der Waals surface area contributed by atoms with Gasteiger partial charge in [0.2, 0.25) is 5.95 Å². The lowest BCUT2D eigenvalue weighted by Crippen LogP contribution is -2.32. The molecule has 0 spiro atoms. The van der Waals surface area contributed by atoms with Gasteiger partial charge < -0.3 is 20.9 Å². The molecule has 41 heavy (non-hydrogen) atoms. The molecule has 0 bridgehead atoms. The molecular weight excluding hydrogens is 516 g/mol. The molecule has 216 valence electrons. The molecule has 2 aromatic carbocycles. The maximum atomic E-state index is 13.2. The number of nitrogens with two attached hydrogens (primary N) is 2. The molecule has 1 unspecified atom stereocenters. The number of carbonyl (C=O) groups excluding carboxylic acids is 1. The van der Waals surface area contributed by atoms with E-state index in [1.165, 1.54) is 16.7 Å². The van der Waals surface area contributed by atoms with Crippen LogP contribution in [0, 0.1) is 0 Å². The molecule has 2 heterocycles. The molecule has 1 amide bonds. The van der Waals surface area contributed by atoms with Crippen molar-refractivity contribution in [1.82, 2.24) is 15.0 Å². The van der Waals surface area contributed by atoms with E-state index in [9.17, 15) is 4.79 Å². The van der Waals surface area contributed by atoms with Crippen molar-refractivity contribution in [2.24, 2.45) is 5.10 Å². The van der Waals surface area contributed by atoms with Crippen LogP contribution in [0.1, 0.15) is 73.7 Å². The Balaban J connectivity index is 0.00000108. The van der Waals surface area contributed by atoms with Gasteiger partial charge in [-0.1, -0.05) is 43.7 Å². The molecule has 9 heteroatoms. The van der Waals surface area contributed by atoms with E-state index in [1.807, 2.05) is 64.1 Å². The summed E-state index contributed by atoms with van der Waals surface area (Å²) in [5, 5.41) is 5.95. The highest BCUT2D eigenvalue weighted by Crippen LogP contribution is 2.36. The third-order valence-electron chi connectivity index (χ3n) is 6.41. The predicted molar refractivity (Wildman–Crippen MR) is 166 cm³/mol. The molecule has 0 radical (unpaired) electrons. The number of ether oxygens (including phenoxy) is 2. The van der Waals surface area contributed by atoms with Crippen molar-refractivity contribution in [1.29, 1.82) is 0 Å². The number of nitrogen functional groups attached to an aromatic ring is 2. The maximum absolute atomic E-state index is 13.2. The van der Waals surface area contributed by atoms with E-state index in [-0.39, 0.29) is 17.9 Å². The lowest BCUT2D eigenvalue weighted by molar-refractivity contribution is -0.128. The van der Waals surface area contributed by atoms with Gasteiger partial charge in [0.15, 0.2) is 11.5 Å². The number of hydrogen-bond donors (Lipinski definition) is 2. The van der Waals surface area contributed by atoms with Gasteiger partial charge in [-0.05, 0) is 61.6 Å². The highest BCUT2D eigenvalue weighted by Gasteiger charge is 2.27. The summed E-state index contributed by atoms with van der Waals surface area (Å²) in [4.78, 5) is 21.7. The van der Waals surface area contributed by atoms with Crippen molar-refractivity contribution in [3.05, 3.63) is 88.1 Å². The monoisotopic (exact) mass is 556 g/mol. The fourth-order valence-electron chi connectivity index (χ4n) is 4.65. The molecule has 4 rings (SSSR count). The van der Waals surface area contributed by atoms with Gasteiger partial charge in [-0.25, -0.2) is 9.99 Å². The molecule has 0 saturated carbocycles. The third-order valence-corrected chi connectivity index (χ3v) is 6.41. The van der Waals surface area contributed by atoms with Crippen LogP contribution in [-0.2, 0) is 17.6 Å². The third kappa shape index (κ3) is 7.51. The van der Waals surface area contributed by atoms with Crippen LogP contribution in [0.3, 0.4) is 0 Å². The molecule has 0 fully saturated rings. The van der Waals surface area contributed by atoms with Crippen LogP contribution in [0.2, 0.25) is 0 Å². The van der Waals surface area contributed by atoms with Gasteiger partial charge in [0.05, 0.1) is 32.2 Å². The quantitative estimate of drug-likeness (QED) is 0.268. The highest BCUT2D eigenvalue weighted by atomic mass is 16.5. The second-order valence-corrected chi connectivity index (χ2v) is 9.86. The lowest BCUT2D eigenvalue weighted by Gasteiger charge is -2.30. The molecule has 4 N–H and O–H groups in total. The van der Waals surface area contributed by atoms with Crippen molar-refractivity contribution in [3.63, 3.8) is 0 Å². The first-order valence-corrected chi connectivity index (χ1v) is 13.5. The van der Waals surface area contributed by atoms with Crippen LogP contribution < -0.4 is 20.9 Å².